The SMILES string of the molecule is CC(C)[C@H](NC(=O)OCC1c2ccccc2-c2ccccc21)[C@H]([Se]c1ccccc1)[C@H](O)C(C)(C)C(=O)SC(C)(C)C. The van der Waals surface area contributed by atoms with E-state index in [1.807, 2.05) is 103 Å². The van der Waals surface area contributed by atoms with Crippen LogP contribution in [0, 0.1) is 11.3 Å². The number of hydrogen-bond donors (Lipinski definition) is 2. The van der Waals surface area contributed by atoms with Crippen LogP contribution in [0.25, 0.3) is 11.1 Å². The molecule has 3 aromatic rings. The first-order valence-electron chi connectivity index (χ1n) is 14.5. The van der Waals surface area contributed by atoms with E-state index in [2.05, 4.69) is 29.6 Å². The van der Waals surface area contributed by atoms with Crippen LogP contribution >= 0.6 is 11.8 Å². The number of fused-ring (bicyclic) bond motifs is 3. The summed E-state index contributed by atoms with van der Waals surface area (Å²) in [6.07, 6.45) is -1.48. The van der Waals surface area contributed by atoms with Crippen LogP contribution in [0.15, 0.2) is 78.9 Å². The van der Waals surface area contributed by atoms with Gasteiger partial charge in [0.2, 0.25) is 0 Å². The van der Waals surface area contributed by atoms with Crippen LogP contribution in [0.2, 0.25) is 4.82 Å². The Morgan fingerprint density at radius 2 is 1.40 bits per heavy atom. The van der Waals surface area contributed by atoms with Gasteiger partial charge in [0, 0.05) is 0 Å². The number of carbonyl (C=O) groups is 2. The standard InChI is InChI=1S/C35H43NO4SSe/c1-22(2)29(30(42-23-15-9-8-10-16-23)31(37)35(6,7)32(38)41-34(3,4)5)36-33(39)40-21-28-26-19-13-11-17-24(26)25-18-12-14-20-27(25)28/h8-20,22,28-31,37H,21H2,1-7H3,(H,36,39)/t29-,30-,31-/m0/s1. The van der Waals surface area contributed by atoms with Gasteiger partial charge in [0.05, 0.1) is 0 Å². The molecular formula is C35H43NO4SSe. The third kappa shape index (κ3) is 7.49. The van der Waals surface area contributed by atoms with E-state index in [1.165, 1.54) is 22.9 Å². The number of thioether (sulfide) groups is 1. The molecule has 1 aliphatic carbocycles. The number of benzene rings is 3. The molecule has 0 radical (unpaired) electrons. The molecule has 3 aromatic carbocycles. The molecule has 0 heterocycles. The van der Waals surface area contributed by atoms with Gasteiger partial charge in [-0.25, -0.2) is 0 Å². The van der Waals surface area contributed by atoms with Crippen LogP contribution in [-0.2, 0) is 9.53 Å². The Morgan fingerprint density at radius 1 is 0.881 bits per heavy atom. The Morgan fingerprint density at radius 3 is 1.93 bits per heavy atom. The normalized spacial score (nSPS) is 15.5. The molecule has 0 aliphatic heterocycles. The van der Waals surface area contributed by atoms with Crippen molar-refractivity contribution >= 4 is 42.4 Å². The van der Waals surface area contributed by atoms with Gasteiger partial charge >= 0.3 is 262 Å². The Kier molecular flexibility index (Phi) is 10.3. The molecule has 0 saturated carbocycles. The molecule has 4 rings (SSSR count). The molecule has 3 atom stereocenters. The zero-order chi connectivity index (χ0) is 30.7. The molecule has 1 amide bonds. The van der Waals surface area contributed by atoms with E-state index in [1.54, 1.807) is 0 Å². The molecule has 1 aliphatic rings. The van der Waals surface area contributed by atoms with Gasteiger partial charge in [-0.1, -0.05) is 0 Å². The number of alkyl carbamates (subject to hydrolysis) is 1. The number of ether oxygens (including phenoxy) is 1. The van der Waals surface area contributed by atoms with Crippen molar-refractivity contribution in [1.82, 2.24) is 5.32 Å². The van der Waals surface area contributed by atoms with Crippen LogP contribution in [0.4, 0.5) is 4.79 Å². The minimum atomic E-state index is -1.02. The van der Waals surface area contributed by atoms with Gasteiger partial charge in [0.15, 0.2) is 0 Å². The van der Waals surface area contributed by atoms with E-state index in [9.17, 15) is 14.7 Å². The van der Waals surface area contributed by atoms with Gasteiger partial charge in [0.1, 0.15) is 0 Å². The summed E-state index contributed by atoms with van der Waals surface area (Å²) in [5.41, 5.74) is 3.65. The molecule has 0 unspecified atom stereocenters. The molecule has 7 heteroatoms. The van der Waals surface area contributed by atoms with Crippen molar-refractivity contribution in [3.8, 4) is 11.1 Å². The van der Waals surface area contributed by atoms with E-state index in [0.29, 0.717) is 0 Å². The predicted octanol–water partition coefficient (Wildman–Crippen LogP) is 6.81. The number of aliphatic hydroxyl groups excluding tert-OH is 1. The van der Waals surface area contributed by atoms with Crippen LogP contribution in [0.3, 0.4) is 0 Å². The average molecular weight is 653 g/mol. The number of aliphatic hydroxyl groups is 1. The number of nitrogens with one attached hydrogen (secondary N) is 1. The van der Waals surface area contributed by atoms with Crippen molar-refractivity contribution in [1.29, 1.82) is 0 Å². The average Bonchev–Trinajstić information content (AvgIpc) is 3.26. The van der Waals surface area contributed by atoms with Crippen LogP contribution in [0.1, 0.15) is 65.5 Å². The number of carbonyl (C=O) groups excluding carboxylic acids is 2. The van der Waals surface area contributed by atoms with E-state index in [0.717, 1.165) is 15.6 Å². The number of amides is 1. The summed E-state index contributed by atoms with van der Waals surface area (Å²) in [5, 5.41) is 15.0. The van der Waals surface area contributed by atoms with Crippen molar-refractivity contribution in [2.45, 2.75) is 76.1 Å². The fourth-order valence-corrected chi connectivity index (χ4v) is 9.69. The minimum absolute atomic E-state index is 0.00288. The summed E-state index contributed by atoms with van der Waals surface area (Å²) >= 11 is 1.03. The summed E-state index contributed by atoms with van der Waals surface area (Å²) in [7, 11) is 0. The maximum atomic E-state index is 13.4. The molecule has 224 valence electrons. The van der Waals surface area contributed by atoms with Gasteiger partial charge < -0.3 is 0 Å². The summed E-state index contributed by atoms with van der Waals surface area (Å²) < 4.78 is 6.73. The molecule has 42 heavy (non-hydrogen) atoms. The van der Waals surface area contributed by atoms with Gasteiger partial charge in [0.25, 0.3) is 0 Å². The summed E-state index contributed by atoms with van der Waals surface area (Å²) in [5.74, 6) is -0.0431. The van der Waals surface area contributed by atoms with Gasteiger partial charge in [-0.15, -0.1) is 0 Å². The fraction of sp³-hybridized carbons (Fsp3) is 0.429. The quantitative estimate of drug-likeness (QED) is 0.236. The van der Waals surface area contributed by atoms with Gasteiger partial charge in [-0.2, -0.15) is 0 Å². The molecule has 5 nitrogen and oxygen atoms in total. The van der Waals surface area contributed by atoms with Crippen molar-refractivity contribution in [3.63, 3.8) is 0 Å². The third-order valence-corrected chi connectivity index (χ3v) is 11.9. The van der Waals surface area contributed by atoms with E-state index in [-0.39, 0.29) is 48.1 Å². The molecule has 0 aromatic heterocycles. The molecule has 0 bridgehead atoms. The van der Waals surface area contributed by atoms with Crippen LogP contribution in [-0.4, -0.2) is 54.8 Å². The van der Waals surface area contributed by atoms with Crippen LogP contribution in [0.5, 0.6) is 0 Å². The van der Waals surface area contributed by atoms with Gasteiger partial charge in [-0.3, -0.25) is 0 Å². The van der Waals surface area contributed by atoms with Crippen molar-refractivity contribution in [3.05, 3.63) is 90.0 Å². The zero-order valence-corrected chi connectivity index (χ0v) is 28.1. The maximum absolute atomic E-state index is 13.4. The topological polar surface area (TPSA) is 75.6 Å². The molecule has 0 spiro atoms. The summed E-state index contributed by atoms with van der Waals surface area (Å²) in [4.78, 5) is 26.5. The molecule has 0 fully saturated rings. The van der Waals surface area contributed by atoms with E-state index in [4.69, 9.17) is 4.74 Å². The number of rotatable bonds is 10. The fourth-order valence-electron chi connectivity index (χ4n) is 5.34. The Hall–Kier alpha value is -2.57. The zero-order valence-electron chi connectivity index (χ0n) is 25.6. The molecular weight excluding hydrogens is 609 g/mol. The second-order valence-corrected chi connectivity index (χ2v) is 17.2. The van der Waals surface area contributed by atoms with Crippen LogP contribution < -0.4 is 9.78 Å². The second kappa shape index (κ2) is 13.4. The van der Waals surface area contributed by atoms with Crippen molar-refractivity contribution in [2.24, 2.45) is 11.3 Å². The first kappa shape index (κ1) is 32.3. The second-order valence-electron chi connectivity index (χ2n) is 12.8. The van der Waals surface area contributed by atoms with Gasteiger partial charge in [-0.05, 0) is 0 Å². The van der Waals surface area contributed by atoms with Crippen molar-refractivity contribution < 1.29 is 19.4 Å². The first-order valence-corrected chi connectivity index (χ1v) is 17.2. The molecule has 2 N–H and O–H groups in total. The monoisotopic (exact) mass is 653 g/mol. The molecule has 0 saturated heterocycles. The summed E-state index contributed by atoms with van der Waals surface area (Å²) in [6, 6.07) is 26.1. The van der Waals surface area contributed by atoms with E-state index < -0.39 is 23.7 Å². The first-order chi connectivity index (χ1) is 19.8. The summed E-state index contributed by atoms with van der Waals surface area (Å²) in [6.45, 7) is 13.9. The Bertz CT molecular complexity index is 1340. The Balaban J connectivity index is 1.55. The third-order valence-electron chi connectivity index (χ3n) is 7.69. The van der Waals surface area contributed by atoms with Crippen molar-refractivity contribution in [2.75, 3.05) is 6.61 Å². The predicted molar refractivity (Wildman–Crippen MR) is 175 cm³/mol. The van der Waals surface area contributed by atoms with E-state index >= 15 is 0 Å². The number of hydrogen-bond acceptors (Lipinski definition) is 5. The Labute approximate surface area is 261 Å².